The van der Waals surface area contributed by atoms with E-state index in [9.17, 15) is 4.79 Å². The van der Waals surface area contributed by atoms with Crippen LogP contribution in [0.25, 0.3) is 0 Å². The largest absolute Gasteiger partial charge is 0.308 e. The van der Waals surface area contributed by atoms with Crippen LogP contribution in [0.4, 0.5) is 5.69 Å². The van der Waals surface area contributed by atoms with Gasteiger partial charge in [0.2, 0.25) is 0 Å². The number of pyridine rings is 1. The quantitative estimate of drug-likeness (QED) is 0.795. The Kier molecular flexibility index (Phi) is 3.50. The molecule has 2 aromatic rings. The molecule has 1 aliphatic heterocycles. The molecule has 0 bridgehead atoms. The molecule has 1 aromatic heterocycles. The molecular weight excluding hydrogens is 260 g/mol. The number of aromatic nitrogens is 1. The third-order valence-electron chi connectivity index (χ3n) is 4.24. The number of para-hydroxylation sites is 1. The van der Waals surface area contributed by atoms with E-state index in [-0.39, 0.29) is 5.91 Å². The lowest BCUT2D eigenvalue weighted by Gasteiger charge is -2.33. The Morgan fingerprint density at radius 1 is 1.19 bits per heavy atom. The molecule has 0 spiro atoms. The Morgan fingerprint density at radius 3 is 2.71 bits per heavy atom. The molecule has 2 heterocycles. The third-order valence-corrected chi connectivity index (χ3v) is 4.24. The molecule has 108 valence electrons. The number of fused-ring (bicyclic) bond motifs is 1. The molecule has 1 aliphatic rings. The summed E-state index contributed by atoms with van der Waals surface area (Å²) in [5.41, 5.74) is 4.74. The summed E-state index contributed by atoms with van der Waals surface area (Å²) in [6.07, 6.45) is 1.00. The third kappa shape index (κ3) is 2.44. The summed E-state index contributed by atoms with van der Waals surface area (Å²) in [4.78, 5) is 19.2. The first kappa shape index (κ1) is 13.8. The highest BCUT2D eigenvalue weighted by Gasteiger charge is 2.27. The highest BCUT2D eigenvalue weighted by atomic mass is 16.2. The summed E-state index contributed by atoms with van der Waals surface area (Å²) in [7, 11) is 0. The Bertz CT molecular complexity index is 693. The van der Waals surface area contributed by atoms with Crippen LogP contribution in [0.5, 0.6) is 0 Å². The van der Waals surface area contributed by atoms with Gasteiger partial charge in [-0.25, -0.2) is 0 Å². The Labute approximate surface area is 125 Å². The number of nitrogens with zero attached hydrogens (tertiary/aromatic N) is 2. The summed E-state index contributed by atoms with van der Waals surface area (Å²) in [6, 6.07) is 12.0. The number of hydrogen-bond acceptors (Lipinski definition) is 2. The van der Waals surface area contributed by atoms with Gasteiger partial charge in [-0.2, -0.15) is 0 Å². The minimum atomic E-state index is 0.0550. The molecule has 0 fully saturated rings. The zero-order chi connectivity index (χ0) is 15.0. The first-order valence-electron chi connectivity index (χ1n) is 7.43. The Balaban J connectivity index is 2.01. The summed E-state index contributed by atoms with van der Waals surface area (Å²) >= 11 is 0. The summed E-state index contributed by atoms with van der Waals surface area (Å²) < 4.78 is 0. The second kappa shape index (κ2) is 5.32. The number of benzene rings is 1. The first-order valence-corrected chi connectivity index (χ1v) is 7.43. The van der Waals surface area contributed by atoms with Crippen LogP contribution in [0.1, 0.15) is 46.6 Å². The predicted molar refractivity (Wildman–Crippen MR) is 84.9 cm³/mol. The SMILES string of the molecule is Cc1ccc(C(=O)N2CC[C@H](C)c3ccccc32)c(C)n1. The van der Waals surface area contributed by atoms with E-state index < -0.39 is 0 Å². The van der Waals surface area contributed by atoms with Crippen molar-refractivity contribution in [3.05, 3.63) is 58.9 Å². The van der Waals surface area contributed by atoms with E-state index in [2.05, 4.69) is 18.0 Å². The summed E-state index contributed by atoms with van der Waals surface area (Å²) in [5.74, 6) is 0.557. The minimum absolute atomic E-state index is 0.0550. The Morgan fingerprint density at radius 2 is 1.95 bits per heavy atom. The van der Waals surface area contributed by atoms with Gasteiger partial charge in [0.1, 0.15) is 0 Å². The summed E-state index contributed by atoms with van der Waals surface area (Å²) in [6.45, 7) is 6.83. The topological polar surface area (TPSA) is 33.2 Å². The molecule has 3 rings (SSSR count). The van der Waals surface area contributed by atoms with Crippen molar-refractivity contribution in [1.82, 2.24) is 4.98 Å². The number of hydrogen-bond donors (Lipinski definition) is 0. The van der Waals surface area contributed by atoms with E-state index in [0.717, 1.165) is 30.0 Å². The van der Waals surface area contributed by atoms with Crippen molar-refractivity contribution in [2.75, 3.05) is 11.4 Å². The average molecular weight is 280 g/mol. The molecule has 0 saturated carbocycles. The maximum absolute atomic E-state index is 12.9. The summed E-state index contributed by atoms with van der Waals surface area (Å²) in [5, 5.41) is 0. The lowest BCUT2D eigenvalue weighted by atomic mass is 9.91. The van der Waals surface area contributed by atoms with Crippen molar-refractivity contribution in [2.24, 2.45) is 0 Å². The number of carbonyl (C=O) groups excluding carboxylic acids is 1. The fraction of sp³-hybridized carbons (Fsp3) is 0.333. The fourth-order valence-corrected chi connectivity index (χ4v) is 3.02. The van der Waals surface area contributed by atoms with E-state index in [1.165, 1.54) is 5.56 Å². The molecule has 0 unspecified atom stereocenters. The van der Waals surface area contributed by atoms with Gasteiger partial charge in [-0.3, -0.25) is 9.78 Å². The van der Waals surface area contributed by atoms with E-state index in [0.29, 0.717) is 11.5 Å². The smallest absolute Gasteiger partial charge is 0.260 e. The predicted octanol–water partition coefficient (Wildman–Crippen LogP) is 3.85. The van der Waals surface area contributed by atoms with Gasteiger partial charge in [-0.05, 0) is 49.9 Å². The second-order valence-corrected chi connectivity index (χ2v) is 5.79. The van der Waals surface area contributed by atoms with Crippen molar-refractivity contribution in [3.63, 3.8) is 0 Å². The van der Waals surface area contributed by atoms with Gasteiger partial charge < -0.3 is 4.90 Å². The van der Waals surface area contributed by atoms with Gasteiger partial charge in [-0.15, -0.1) is 0 Å². The van der Waals surface area contributed by atoms with Gasteiger partial charge >= 0.3 is 0 Å². The second-order valence-electron chi connectivity index (χ2n) is 5.79. The average Bonchev–Trinajstić information content (AvgIpc) is 2.47. The molecule has 3 heteroatoms. The molecule has 0 aliphatic carbocycles. The monoisotopic (exact) mass is 280 g/mol. The maximum Gasteiger partial charge on any atom is 0.260 e. The van der Waals surface area contributed by atoms with Crippen LogP contribution in [0, 0.1) is 13.8 Å². The van der Waals surface area contributed by atoms with Crippen LogP contribution in [-0.2, 0) is 0 Å². The molecule has 1 aromatic carbocycles. The zero-order valence-corrected chi connectivity index (χ0v) is 12.8. The van der Waals surface area contributed by atoms with Crippen LogP contribution in [-0.4, -0.2) is 17.4 Å². The normalized spacial score (nSPS) is 17.5. The van der Waals surface area contributed by atoms with E-state index in [4.69, 9.17) is 0 Å². The van der Waals surface area contributed by atoms with Crippen LogP contribution in [0.15, 0.2) is 36.4 Å². The van der Waals surface area contributed by atoms with Crippen molar-refractivity contribution in [3.8, 4) is 0 Å². The first-order chi connectivity index (χ1) is 10.1. The zero-order valence-electron chi connectivity index (χ0n) is 12.8. The number of amides is 1. The molecule has 0 N–H and O–H groups in total. The molecular formula is C18H20N2O. The minimum Gasteiger partial charge on any atom is -0.308 e. The van der Waals surface area contributed by atoms with Crippen molar-refractivity contribution < 1.29 is 4.79 Å². The number of anilines is 1. The van der Waals surface area contributed by atoms with E-state index in [1.54, 1.807) is 0 Å². The van der Waals surface area contributed by atoms with Gasteiger partial charge in [0.05, 0.1) is 11.3 Å². The molecule has 0 saturated heterocycles. The van der Waals surface area contributed by atoms with Gasteiger partial charge in [0.15, 0.2) is 0 Å². The molecule has 0 radical (unpaired) electrons. The number of aryl methyl sites for hydroxylation is 2. The van der Waals surface area contributed by atoms with Gasteiger partial charge in [-0.1, -0.05) is 25.1 Å². The number of rotatable bonds is 1. The Hall–Kier alpha value is -2.16. The van der Waals surface area contributed by atoms with Crippen LogP contribution >= 0.6 is 0 Å². The van der Waals surface area contributed by atoms with E-state index >= 15 is 0 Å². The standard InChI is InChI=1S/C18H20N2O/c1-12-10-11-20(17-7-5-4-6-15(12)17)18(21)16-9-8-13(2)19-14(16)3/h4-9,12H,10-11H2,1-3H3/t12-/m0/s1. The molecule has 21 heavy (non-hydrogen) atoms. The highest BCUT2D eigenvalue weighted by molar-refractivity contribution is 6.07. The molecule has 3 nitrogen and oxygen atoms in total. The highest BCUT2D eigenvalue weighted by Crippen LogP contribution is 2.35. The van der Waals surface area contributed by atoms with Crippen LogP contribution in [0.2, 0.25) is 0 Å². The fourth-order valence-electron chi connectivity index (χ4n) is 3.02. The molecule has 1 amide bonds. The van der Waals surface area contributed by atoms with Crippen molar-refractivity contribution in [2.45, 2.75) is 33.1 Å². The maximum atomic E-state index is 12.9. The van der Waals surface area contributed by atoms with Crippen molar-refractivity contribution in [1.29, 1.82) is 0 Å². The van der Waals surface area contributed by atoms with Crippen LogP contribution < -0.4 is 4.90 Å². The van der Waals surface area contributed by atoms with Crippen LogP contribution in [0.3, 0.4) is 0 Å². The van der Waals surface area contributed by atoms with Crippen molar-refractivity contribution >= 4 is 11.6 Å². The van der Waals surface area contributed by atoms with Gasteiger partial charge in [0, 0.05) is 17.9 Å². The lowest BCUT2D eigenvalue weighted by molar-refractivity contribution is 0.0983. The van der Waals surface area contributed by atoms with E-state index in [1.807, 2.05) is 49.1 Å². The van der Waals surface area contributed by atoms with Gasteiger partial charge in [0.25, 0.3) is 5.91 Å². The lowest BCUT2D eigenvalue weighted by Crippen LogP contribution is -2.36. The number of carbonyl (C=O) groups is 1. The molecule has 1 atom stereocenters.